The molecule has 0 aromatic heterocycles. The summed E-state index contributed by atoms with van der Waals surface area (Å²) in [6.07, 6.45) is 2.47. The quantitative estimate of drug-likeness (QED) is 0.477. The first kappa shape index (κ1) is 23.7. The number of amidine groups is 3. The number of rotatable bonds is 6. The van der Waals surface area contributed by atoms with Gasteiger partial charge in [-0.3, -0.25) is 10.2 Å². The summed E-state index contributed by atoms with van der Waals surface area (Å²) in [6, 6.07) is 13.1. The Morgan fingerprint density at radius 3 is 2.62 bits per heavy atom. The zero-order valence-corrected chi connectivity index (χ0v) is 20.4. The second-order valence-electron chi connectivity index (χ2n) is 7.53. The summed E-state index contributed by atoms with van der Waals surface area (Å²) in [5.74, 6) is 0.0770. The van der Waals surface area contributed by atoms with Crippen LogP contribution in [0.2, 0.25) is 0 Å². The number of benzene rings is 2. The van der Waals surface area contributed by atoms with Gasteiger partial charge in [0.15, 0.2) is 11.5 Å². The summed E-state index contributed by atoms with van der Waals surface area (Å²) >= 11 is 0.752. The Balaban J connectivity index is 1.63. The summed E-state index contributed by atoms with van der Waals surface area (Å²) in [6.45, 7) is 4.64. The van der Waals surface area contributed by atoms with E-state index >= 15 is 0 Å². The third kappa shape index (κ3) is 4.75. The number of amides is 1. The second-order valence-corrected chi connectivity index (χ2v) is 10.2. The lowest BCUT2D eigenvalue weighted by atomic mass is 10.1. The molecule has 2 aromatic carbocycles. The van der Waals surface area contributed by atoms with Crippen molar-refractivity contribution in [1.82, 2.24) is 4.90 Å². The Morgan fingerprint density at radius 1 is 1.15 bits per heavy atom. The van der Waals surface area contributed by atoms with Gasteiger partial charge >= 0.3 is 0 Å². The van der Waals surface area contributed by atoms with Crippen molar-refractivity contribution in [3.05, 3.63) is 64.7 Å². The molecule has 2 aliphatic heterocycles. The molecule has 4 rings (SSSR count). The lowest BCUT2D eigenvalue weighted by Crippen LogP contribution is -2.45. The van der Waals surface area contributed by atoms with Crippen LogP contribution in [0.15, 0.2) is 57.4 Å². The zero-order chi connectivity index (χ0) is 24.5. The molecule has 0 unspecified atom stereocenters. The fourth-order valence-corrected chi connectivity index (χ4v) is 5.18. The van der Waals surface area contributed by atoms with Crippen LogP contribution in [-0.4, -0.2) is 48.3 Å². The van der Waals surface area contributed by atoms with E-state index in [-0.39, 0.29) is 21.7 Å². The maximum Gasteiger partial charge on any atom is 0.283 e. The predicted molar refractivity (Wildman–Crippen MR) is 133 cm³/mol. The Bertz CT molecular complexity index is 1380. The van der Waals surface area contributed by atoms with Gasteiger partial charge in [0.2, 0.25) is 20.2 Å². The lowest BCUT2D eigenvalue weighted by Gasteiger charge is -2.23. The van der Waals surface area contributed by atoms with Crippen LogP contribution in [0.1, 0.15) is 23.6 Å². The van der Waals surface area contributed by atoms with Crippen LogP contribution < -0.4 is 9.47 Å². The van der Waals surface area contributed by atoms with Crippen molar-refractivity contribution in [2.75, 3.05) is 12.9 Å². The van der Waals surface area contributed by atoms with Crippen molar-refractivity contribution in [2.45, 2.75) is 20.5 Å². The minimum absolute atomic E-state index is 0.0440. The maximum absolute atomic E-state index is 12.6. The highest BCUT2D eigenvalue weighted by atomic mass is 32.2. The molecule has 176 valence electrons. The third-order valence-electron chi connectivity index (χ3n) is 5.05. The molecule has 0 aliphatic carbocycles. The van der Waals surface area contributed by atoms with Crippen molar-refractivity contribution in [2.24, 2.45) is 9.39 Å². The van der Waals surface area contributed by atoms with Crippen molar-refractivity contribution in [3.8, 4) is 11.5 Å². The number of hydrogen-bond acceptors (Lipinski definition) is 8. The number of nitrogens with zero attached hydrogens (tertiary/aromatic N) is 3. The highest BCUT2D eigenvalue weighted by Crippen LogP contribution is 2.33. The van der Waals surface area contributed by atoms with E-state index in [0.717, 1.165) is 34.2 Å². The number of hydrogen-bond donors (Lipinski definition) is 1. The molecule has 0 spiro atoms. The smallest absolute Gasteiger partial charge is 0.283 e. The van der Waals surface area contributed by atoms with Gasteiger partial charge in [0.25, 0.3) is 5.91 Å². The minimum Gasteiger partial charge on any atom is -0.490 e. The van der Waals surface area contributed by atoms with E-state index in [1.165, 1.54) is 6.08 Å². The first-order chi connectivity index (χ1) is 16.2. The fraction of sp³-hybridized carbons (Fsp3) is 0.217. The Labute approximate surface area is 201 Å². The molecule has 0 saturated carbocycles. The van der Waals surface area contributed by atoms with Crippen LogP contribution in [0, 0.1) is 12.3 Å². The van der Waals surface area contributed by atoms with E-state index in [9.17, 15) is 13.2 Å². The molecular formula is C23H22N4O5S2. The molecule has 2 aliphatic rings. The first-order valence-electron chi connectivity index (χ1n) is 10.3. The number of fused-ring (bicyclic) bond motifs is 1. The molecule has 1 amide bonds. The van der Waals surface area contributed by atoms with E-state index in [0.29, 0.717) is 30.3 Å². The maximum atomic E-state index is 12.6. The molecule has 34 heavy (non-hydrogen) atoms. The van der Waals surface area contributed by atoms with Crippen molar-refractivity contribution >= 4 is 49.9 Å². The van der Waals surface area contributed by atoms with Gasteiger partial charge in [0.1, 0.15) is 12.4 Å². The van der Waals surface area contributed by atoms with E-state index in [1.807, 2.05) is 38.1 Å². The number of nitrogens with one attached hydrogen (secondary N) is 1. The number of aryl methyl sites for hydroxylation is 1. The average molecular weight is 499 g/mol. The highest BCUT2D eigenvalue weighted by Gasteiger charge is 2.41. The van der Waals surface area contributed by atoms with Crippen LogP contribution in [0.5, 0.6) is 11.5 Å². The SMILES string of the molecule is CCOc1cc(C=C2C(=N)N3C(=NC2=O)SN=C3S(C)(=O)=O)ccc1OCc1ccccc1C. The third-order valence-corrected chi connectivity index (χ3v) is 6.80. The molecule has 0 saturated heterocycles. The number of ether oxygens (including phenoxy) is 2. The molecule has 1 N–H and O–H groups in total. The van der Waals surface area contributed by atoms with Gasteiger partial charge in [-0.1, -0.05) is 30.3 Å². The molecule has 2 aromatic rings. The van der Waals surface area contributed by atoms with Gasteiger partial charge in [0, 0.05) is 6.26 Å². The highest BCUT2D eigenvalue weighted by molar-refractivity contribution is 8.16. The zero-order valence-electron chi connectivity index (χ0n) is 18.7. The monoisotopic (exact) mass is 498 g/mol. The van der Waals surface area contributed by atoms with Gasteiger partial charge in [-0.2, -0.15) is 9.39 Å². The van der Waals surface area contributed by atoms with Gasteiger partial charge in [-0.05, 0) is 48.7 Å². The van der Waals surface area contributed by atoms with Crippen LogP contribution in [0.25, 0.3) is 6.08 Å². The van der Waals surface area contributed by atoms with Gasteiger partial charge in [-0.25, -0.2) is 13.3 Å². The summed E-state index contributed by atoms with van der Waals surface area (Å²) < 4.78 is 39.7. The van der Waals surface area contributed by atoms with E-state index < -0.39 is 15.7 Å². The minimum atomic E-state index is -3.71. The Hall–Kier alpha value is -3.44. The van der Waals surface area contributed by atoms with Crippen LogP contribution in [0.4, 0.5) is 0 Å². The first-order valence-corrected chi connectivity index (χ1v) is 13.0. The molecule has 9 nitrogen and oxygen atoms in total. The van der Waals surface area contributed by atoms with Crippen LogP contribution in [0.3, 0.4) is 0 Å². The fourth-order valence-electron chi connectivity index (χ4n) is 3.33. The van der Waals surface area contributed by atoms with Crippen molar-refractivity contribution in [1.29, 1.82) is 5.41 Å². The largest absolute Gasteiger partial charge is 0.490 e. The van der Waals surface area contributed by atoms with Crippen LogP contribution >= 0.6 is 11.9 Å². The number of sulfone groups is 1. The number of carbonyl (C=O) groups excluding carboxylic acids is 1. The second kappa shape index (κ2) is 9.43. The summed E-state index contributed by atoms with van der Waals surface area (Å²) in [5.41, 5.74) is 2.69. The normalized spacial score (nSPS) is 16.9. The molecule has 2 heterocycles. The Kier molecular flexibility index (Phi) is 6.58. The van der Waals surface area contributed by atoms with Gasteiger partial charge in [-0.15, -0.1) is 0 Å². The molecule has 11 heteroatoms. The average Bonchev–Trinajstić information content (AvgIpc) is 3.22. The van der Waals surface area contributed by atoms with Gasteiger partial charge < -0.3 is 9.47 Å². The van der Waals surface area contributed by atoms with Crippen molar-refractivity contribution < 1.29 is 22.7 Å². The van der Waals surface area contributed by atoms with Crippen molar-refractivity contribution in [3.63, 3.8) is 0 Å². The molecular weight excluding hydrogens is 476 g/mol. The summed E-state index contributed by atoms with van der Waals surface area (Å²) in [7, 11) is -3.71. The summed E-state index contributed by atoms with van der Waals surface area (Å²) in [5, 5.41) is 8.18. The van der Waals surface area contributed by atoms with Gasteiger partial charge in [0.05, 0.1) is 24.1 Å². The van der Waals surface area contributed by atoms with E-state index in [1.54, 1.807) is 18.2 Å². The van der Waals surface area contributed by atoms with Crippen LogP contribution in [-0.2, 0) is 21.2 Å². The lowest BCUT2D eigenvalue weighted by molar-refractivity contribution is -0.114. The molecule has 0 radical (unpaired) electrons. The molecule has 0 fully saturated rings. The summed E-state index contributed by atoms with van der Waals surface area (Å²) in [4.78, 5) is 17.6. The topological polar surface area (TPSA) is 121 Å². The van der Waals surface area contributed by atoms with E-state index in [2.05, 4.69) is 9.39 Å². The number of aliphatic imine (C=N–C) groups is 1. The molecule has 0 atom stereocenters. The number of carbonyl (C=O) groups is 1. The predicted octanol–water partition coefficient (Wildman–Crippen LogP) is 3.59. The van der Waals surface area contributed by atoms with E-state index in [4.69, 9.17) is 14.9 Å². The molecule has 0 bridgehead atoms. The standard InChI is InChI=1S/C23H22N4O5S2/c1-4-31-19-12-15(9-10-18(19)32-13-16-8-6-5-7-14(16)2)11-17-20(24)27-22(25-21(17)28)33-26-23(27)34(3,29)30/h5-12,24H,4,13H2,1-3H3. The Morgan fingerprint density at radius 2 is 1.91 bits per heavy atom.